The molecule has 1 aromatic heterocycles. The smallest absolute Gasteiger partial charge is 0.242 e. The highest BCUT2D eigenvalue weighted by Crippen LogP contribution is 2.38. The standard InChI is InChI=1S/C16H17N5O3S/c1-21(2)25(23,24)11-3-9-5-15(19-8-13(9)14(18)6-11)20-16(22)12-4-10(12)7-17/h3,5-6,8,10,12H,4,18H2,1-2H3,(H,19,20,22)/t10-,12+/m0/s1. The second-order valence-corrected chi connectivity index (χ2v) is 8.31. The van der Waals surface area contributed by atoms with Gasteiger partial charge in [0.15, 0.2) is 0 Å². The molecule has 3 rings (SSSR count). The van der Waals surface area contributed by atoms with Crippen molar-refractivity contribution in [3.05, 3.63) is 24.4 Å². The van der Waals surface area contributed by atoms with Gasteiger partial charge in [-0.1, -0.05) is 0 Å². The zero-order chi connectivity index (χ0) is 18.4. The van der Waals surface area contributed by atoms with Gasteiger partial charge in [-0.25, -0.2) is 17.7 Å². The minimum Gasteiger partial charge on any atom is -0.398 e. The van der Waals surface area contributed by atoms with Gasteiger partial charge in [0, 0.05) is 31.4 Å². The third-order valence-electron chi connectivity index (χ3n) is 4.17. The number of fused-ring (bicyclic) bond motifs is 1. The summed E-state index contributed by atoms with van der Waals surface area (Å²) in [6.07, 6.45) is 2.04. The molecule has 1 saturated carbocycles. The zero-order valence-corrected chi connectivity index (χ0v) is 14.5. The minimum absolute atomic E-state index is 0.0673. The van der Waals surface area contributed by atoms with Crippen LogP contribution in [0.1, 0.15) is 6.42 Å². The monoisotopic (exact) mass is 359 g/mol. The molecule has 1 heterocycles. The van der Waals surface area contributed by atoms with Gasteiger partial charge in [-0.05, 0) is 30.0 Å². The lowest BCUT2D eigenvalue weighted by Crippen LogP contribution is -2.22. The molecule has 130 valence electrons. The minimum atomic E-state index is -3.63. The van der Waals surface area contributed by atoms with Crippen molar-refractivity contribution in [2.45, 2.75) is 11.3 Å². The average Bonchev–Trinajstić information content (AvgIpc) is 3.34. The number of nitrogen functional groups attached to an aromatic ring is 1. The predicted molar refractivity (Wildman–Crippen MR) is 92.9 cm³/mol. The van der Waals surface area contributed by atoms with Crippen LogP contribution in [-0.2, 0) is 14.8 Å². The third-order valence-corrected chi connectivity index (χ3v) is 5.96. The van der Waals surface area contributed by atoms with Crippen LogP contribution in [0.5, 0.6) is 0 Å². The lowest BCUT2D eigenvalue weighted by molar-refractivity contribution is -0.117. The summed E-state index contributed by atoms with van der Waals surface area (Å²) in [6, 6.07) is 6.51. The second-order valence-electron chi connectivity index (χ2n) is 6.16. The number of hydrogen-bond acceptors (Lipinski definition) is 6. The summed E-state index contributed by atoms with van der Waals surface area (Å²) in [4.78, 5) is 16.2. The zero-order valence-electron chi connectivity index (χ0n) is 13.7. The van der Waals surface area contributed by atoms with Crippen molar-refractivity contribution in [3.8, 4) is 6.07 Å². The van der Waals surface area contributed by atoms with Crippen molar-refractivity contribution in [1.29, 1.82) is 5.26 Å². The van der Waals surface area contributed by atoms with Gasteiger partial charge in [0.1, 0.15) is 5.82 Å². The third kappa shape index (κ3) is 3.14. The first kappa shape index (κ1) is 17.1. The molecule has 0 spiro atoms. The van der Waals surface area contributed by atoms with Crippen molar-refractivity contribution >= 4 is 38.2 Å². The van der Waals surface area contributed by atoms with Crippen LogP contribution in [0.25, 0.3) is 10.8 Å². The summed E-state index contributed by atoms with van der Waals surface area (Å²) < 4.78 is 25.7. The topological polar surface area (TPSA) is 129 Å². The summed E-state index contributed by atoms with van der Waals surface area (Å²) >= 11 is 0. The molecule has 0 aliphatic heterocycles. The van der Waals surface area contributed by atoms with Gasteiger partial charge in [0.2, 0.25) is 15.9 Å². The van der Waals surface area contributed by atoms with Gasteiger partial charge < -0.3 is 11.1 Å². The van der Waals surface area contributed by atoms with E-state index in [1.165, 1.54) is 32.4 Å². The second kappa shape index (κ2) is 5.98. The lowest BCUT2D eigenvalue weighted by Gasteiger charge is -2.13. The van der Waals surface area contributed by atoms with Gasteiger partial charge in [-0.15, -0.1) is 0 Å². The molecule has 2 aromatic rings. The van der Waals surface area contributed by atoms with E-state index in [2.05, 4.69) is 16.4 Å². The fourth-order valence-electron chi connectivity index (χ4n) is 2.53. The summed E-state index contributed by atoms with van der Waals surface area (Å²) in [6.45, 7) is 0. The maximum atomic E-state index is 12.3. The normalized spacial score (nSPS) is 19.6. The van der Waals surface area contributed by atoms with E-state index in [-0.39, 0.29) is 28.3 Å². The first-order chi connectivity index (χ1) is 11.7. The first-order valence-corrected chi connectivity index (χ1v) is 9.00. The van der Waals surface area contributed by atoms with Crippen molar-refractivity contribution in [3.63, 3.8) is 0 Å². The highest BCUT2D eigenvalue weighted by atomic mass is 32.2. The summed E-state index contributed by atoms with van der Waals surface area (Å²) in [7, 11) is -0.752. The fraction of sp³-hybridized carbons (Fsp3) is 0.312. The van der Waals surface area contributed by atoms with Crippen LogP contribution < -0.4 is 11.1 Å². The molecular weight excluding hydrogens is 342 g/mol. The maximum absolute atomic E-state index is 12.3. The van der Waals surface area contributed by atoms with Crippen LogP contribution in [0.2, 0.25) is 0 Å². The molecule has 25 heavy (non-hydrogen) atoms. The predicted octanol–water partition coefficient (Wildman–Crippen LogP) is 1.17. The number of aromatic nitrogens is 1. The van der Waals surface area contributed by atoms with E-state index in [0.717, 1.165) is 4.31 Å². The number of anilines is 2. The fourth-order valence-corrected chi connectivity index (χ4v) is 3.51. The maximum Gasteiger partial charge on any atom is 0.242 e. The van der Waals surface area contributed by atoms with E-state index in [1.807, 2.05) is 0 Å². The van der Waals surface area contributed by atoms with Gasteiger partial charge in [0.05, 0.1) is 22.8 Å². The number of carbonyl (C=O) groups is 1. The van der Waals surface area contributed by atoms with Crippen molar-refractivity contribution in [2.75, 3.05) is 25.1 Å². The molecular formula is C16H17N5O3S. The number of benzene rings is 1. The molecule has 1 aromatic carbocycles. The Hall–Kier alpha value is -2.70. The van der Waals surface area contributed by atoms with Crippen molar-refractivity contribution in [1.82, 2.24) is 9.29 Å². The Labute approximate surface area is 145 Å². The molecule has 3 N–H and O–H groups in total. The largest absolute Gasteiger partial charge is 0.398 e. The molecule has 0 bridgehead atoms. The Morgan fingerprint density at radius 2 is 2.12 bits per heavy atom. The molecule has 2 atom stereocenters. The number of nitrogens with one attached hydrogen (secondary N) is 1. The van der Waals surface area contributed by atoms with Crippen LogP contribution >= 0.6 is 0 Å². The quantitative estimate of drug-likeness (QED) is 0.788. The van der Waals surface area contributed by atoms with Crippen LogP contribution in [0.4, 0.5) is 11.5 Å². The molecule has 9 heteroatoms. The molecule has 1 aliphatic carbocycles. The number of rotatable bonds is 4. The number of amides is 1. The first-order valence-electron chi connectivity index (χ1n) is 7.56. The van der Waals surface area contributed by atoms with E-state index in [1.54, 1.807) is 6.07 Å². The van der Waals surface area contributed by atoms with Crippen LogP contribution in [0, 0.1) is 23.2 Å². The van der Waals surface area contributed by atoms with Gasteiger partial charge in [-0.2, -0.15) is 5.26 Å². The Kier molecular flexibility index (Phi) is 4.10. The number of sulfonamides is 1. The van der Waals surface area contributed by atoms with Crippen LogP contribution in [0.15, 0.2) is 29.3 Å². The Morgan fingerprint density at radius 3 is 2.72 bits per heavy atom. The van der Waals surface area contributed by atoms with E-state index >= 15 is 0 Å². The molecule has 0 unspecified atom stereocenters. The number of nitriles is 1. The number of hydrogen-bond donors (Lipinski definition) is 2. The number of carbonyl (C=O) groups excluding carboxylic acids is 1. The SMILES string of the molecule is CN(C)S(=O)(=O)c1cc(N)c2cnc(NC(=O)[C@@H]3C[C@H]3C#N)cc2c1. The van der Waals surface area contributed by atoms with Crippen molar-refractivity contribution < 1.29 is 13.2 Å². The highest BCUT2D eigenvalue weighted by molar-refractivity contribution is 7.89. The summed E-state index contributed by atoms with van der Waals surface area (Å²) in [5.74, 6) is -0.524. The van der Waals surface area contributed by atoms with Gasteiger partial charge in [0.25, 0.3) is 0 Å². The Bertz CT molecular complexity index is 1010. The molecule has 1 aliphatic rings. The molecule has 1 amide bonds. The molecule has 0 radical (unpaired) electrons. The number of nitrogens with two attached hydrogens (primary N) is 1. The van der Waals surface area contributed by atoms with Gasteiger partial charge in [-0.3, -0.25) is 4.79 Å². The van der Waals surface area contributed by atoms with E-state index in [0.29, 0.717) is 23.0 Å². The molecule has 8 nitrogen and oxygen atoms in total. The van der Waals surface area contributed by atoms with E-state index in [4.69, 9.17) is 11.0 Å². The molecule has 1 fully saturated rings. The van der Waals surface area contributed by atoms with E-state index < -0.39 is 10.0 Å². The number of nitrogens with zero attached hydrogens (tertiary/aromatic N) is 3. The summed E-state index contributed by atoms with van der Waals surface area (Å²) in [5, 5.41) is 12.6. The van der Waals surface area contributed by atoms with Crippen LogP contribution in [0.3, 0.4) is 0 Å². The summed E-state index contributed by atoms with van der Waals surface area (Å²) in [5.41, 5.74) is 6.24. The highest BCUT2D eigenvalue weighted by Gasteiger charge is 2.43. The van der Waals surface area contributed by atoms with Crippen LogP contribution in [-0.4, -0.2) is 37.7 Å². The average molecular weight is 359 g/mol. The molecule has 0 saturated heterocycles. The Balaban J connectivity index is 1.96. The van der Waals surface area contributed by atoms with Gasteiger partial charge >= 0.3 is 0 Å². The Morgan fingerprint density at radius 1 is 1.40 bits per heavy atom. The number of pyridine rings is 1. The van der Waals surface area contributed by atoms with E-state index in [9.17, 15) is 13.2 Å². The lowest BCUT2D eigenvalue weighted by atomic mass is 10.1. The van der Waals surface area contributed by atoms with Crippen molar-refractivity contribution in [2.24, 2.45) is 11.8 Å².